The van der Waals surface area contributed by atoms with Crippen LogP contribution in [0.2, 0.25) is 5.02 Å². The molecule has 32 heavy (non-hydrogen) atoms. The molecule has 10 heteroatoms. The van der Waals surface area contributed by atoms with Gasteiger partial charge in [-0.05, 0) is 49.2 Å². The van der Waals surface area contributed by atoms with Crippen LogP contribution in [0.1, 0.15) is 25.0 Å². The van der Waals surface area contributed by atoms with E-state index in [-0.39, 0.29) is 11.7 Å². The number of carbonyl (C=O) groups is 1. The maximum absolute atomic E-state index is 12.1. The van der Waals surface area contributed by atoms with Gasteiger partial charge in [0.2, 0.25) is 0 Å². The van der Waals surface area contributed by atoms with Gasteiger partial charge < -0.3 is 4.90 Å². The highest BCUT2D eigenvalue weighted by atomic mass is 35.5. The molecule has 0 bridgehead atoms. The Kier molecular flexibility index (Phi) is 9.86. The van der Waals surface area contributed by atoms with E-state index in [4.69, 9.17) is 11.6 Å². The molecule has 0 unspecified atom stereocenters. The summed E-state index contributed by atoms with van der Waals surface area (Å²) in [6.07, 6.45) is 1.64. The molecule has 0 spiro atoms. The number of hydrogen-bond acceptors (Lipinski definition) is 8. The maximum atomic E-state index is 12.1. The summed E-state index contributed by atoms with van der Waals surface area (Å²) in [6.45, 7) is 6.20. The zero-order chi connectivity index (χ0) is 22.8. The number of halogens is 1. The maximum Gasteiger partial charge on any atom is 0.250 e. The molecule has 3 rings (SSSR count). The summed E-state index contributed by atoms with van der Waals surface area (Å²) < 4.78 is 1.63. The first-order valence-electron chi connectivity index (χ1n) is 10.1. The third-order valence-electron chi connectivity index (χ3n) is 4.41. The average Bonchev–Trinajstić information content (AvgIpc) is 3.27. The van der Waals surface area contributed by atoms with Crippen molar-refractivity contribution >= 4 is 64.3 Å². The topological polar surface area (TPSA) is 70.5 Å². The Bertz CT molecular complexity index is 1020. The van der Waals surface area contributed by atoms with E-state index < -0.39 is 0 Å². The van der Waals surface area contributed by atoms with Crippen LogP contribution in [-0.4, -0.2) is 41.2 Å². The van der Waals surface area contributed by atoms with Gasteiger partial charge in [-0.2, -0.15) is 5.10 Å². The number of hydrogen-bond donors (Lipinski definition) is 1. The summed E-state index contributed by atoms with van der Waals surface area (Å²) in [4.78, 5) is 14.3. The van der Waals surface area contributed by atoms with E-state index in [2.05, 4.69) is 51.6 Å². The van der Waals surface area contributed by atoms with Crippen molar-refractivity contribution in [3.63, 3.8) is 0 Å². The molecular weight excluding hydrogens is 482 g/mol. The van der Waals surface area contributed by atoms with Gasteiger partial charge in [0.25, 0.3) is 5.91 Å². The van der Waals surface area contributed by atoms with Crippen LogP contribution < -0.4 is 10.3 Å². The highest BCUT2D eigenvalue weighted by Gasteiger charge is 2.09. The van der Waals surface area contributed by atoms with Crippen molar-refractivity contribution in [2.75, 3.05) is 23.7 Å². The number of amides is 1. The molecule has 1 N–H and O–H groups in total. The first-order valence-corrected chi connectivity index (χ1v) is 13.2. The Balaban J connectivity index is 1.39. The van der Waals surface area contributed by atoms with Crippen molar-refractivity contribution in [2.24, 2.45) is 5.10 Å². The lowest BCUT2D eigenvalue weighted by Gasteiger charge is -2.20. The van der Waals surface area contributed by atoms with E-state index in [1.807, 2.05) is 36.4 Å². The highest BCUT2D eigenvalue weighted by molar-refractivity contribution is 8.03. The minimum atomic E-state index is -0.184. The van der Waals surface area contributed by atoms with Gasteiger partial charge in [0.05, 0.1) is 12.0 Å². The second-order valence-corrected chi connectivity index (χ2v) is 10.5. The summed E-state index contributed by atoms with van der Waals surface area (Å²) in [7, 11) is 0. The molecule has 6 nitrogen and oxygen atoms in total. The van der Waals surface area contributed by atoms with Crippen LogP contribution in [-0.2, 0) is 10.5 Å². The minimum Gasteiger partial charge on any atom is -0.372 e. The van der Waals surface area contributed by atoms with Gasteiger partial charge in [0, 0.05) is 29.6 Å². The fraction of sp³-hybridized carbons (Fsp3) is 0.273. The highest BCUT2D eigenvalue weighted by Crippen LogP contribution is 2.30. The number of nitrogens with one attached hydrogen (secondary N) is 1. The van der Waals surface area contributed by atoms with Crippen LogP contribution in [0.5, 0.6) is 0 Å². The van der Waals surface area contributed by atoms with Gasteiger partial charge in [0.1, 0.15) is 0 Å². The van der Waals surface area contributed by atoms with Crippen molar-refractivity contribution in [3.05, 3.63) is 64.7 Å². The molecule has 1 heterocycles. The summed E-state index contributed by atoms with van der Waals surface area (Å²) in [5.41, 5.74) is 5.84. The average molecular weight is 506 g/mol. The first kappa shape index (κ1) is 24.6. The molecule has 0 atom stereocenters. The van der Waals surface area contributed by atoms with Crippen LogP contribution in [0, 0.1) is 0 Å². The molecule has 0 saturated carbocycles. The van der Waals surface area contributed by atoms with Crippen molar-refractivity contribution in [1.29, 1.82) is 0 Å². The second-order valence-electron chi connectivity index (χ2n) is 6.59. The third-order valence-corrected chi connectivity index (χ3v) is 7.93. The van der Waals surface area contributed by atoms with E-state index >= 15 is 0 Å². The van der Waals surface area contributed by atoms with Crippen molar-refractivity contribution in [3.8, 4) is 0 Å². The minimum absolute atomic E-state index is 0.184. The number of carbonyl (C=O) groups excluding carboxylic acids is 1. The van der Waals surface area contributed by atoms with Crippen molar-refractivity contribution < 1.29 is 4.79 Å². The quantitative estimate of drug-likeness (QED) is 0.208. The van der Waals surface area contributed by atoms with Crippen LogP contribution in [0.3, 0.4) is 0 Å². The zero-order valence-electron chi connectivity index (χ0n) is 17.8. The predicted molar refractivity (Wildman–Crippen MR) is 137 cm³/mol. The van der Waals surface area contributed by atoms with Crippen LogP contribution in [0.4, 0.5) is 5.69 Å². The van der Waals surface area contributed by atoms with Gasteiger partial charge in [-0.1, -0.05) is 70.7 Å². The fourth-order valence-corrected chi connectivity index (χ4v) is 5.63. The Morgan fingerprint density at radius 1 is 1.06 bits per heavy atom. The van der Waals surface area contributed by atoms with E-state index in [0.717, 1.165) is 38.1 Å². The van der Waals surface area contributed by atoms with Gasteiger partial charge in [-0.25, -0.2) is 5.43 Å². The third kappa shape index (κ3) is 7.81. The number of thioether (sulfide) groups is 2. The second kappa shape index (κ2) is 12.8. The lowest BCUT2D eigenvalue weighted by Crippen LogP contribution is -2.21. The van der Waals surface area contributed by atoms with Crippen molar-refractivity contribution in [2.45, 2.75) is 28.3 Å². The summed E-state index contributed by atoms with van der Waals surface area (Å²) in [6, 6.07) is 15.8. The first-order chi connectivity index (χ1) is 15.6. The molecule has 0 saturated heterocycles. The number of benzene rings is 2. The van der Waals surface area contributed by atoms with Gasteiger partial charge >= 0.3 is 0 Å². The lowest BCUT2D eigenvalue weighted by atomic mass is 10.2. The fourth-order valence-electron chi connectivity index (χ4n) is 2.74. The standard InChI is InChI=1S/C22H24ClN5OS3/c1-3-28(4-2)19-11-7-16(8-12-19)13-24-25-20(29)15-31-22-27-26-21(32-22)30-14-17-5-9-18(23)10-6-17/h5-13H,3-4,14-15H2,1-2H3,(H,25,29). The van der Waals surface area contributed by atoms with Gasteiger partial charge in [-0.15, -0.1) is 10.2 Å². The van der Waals surface area contributed by atoms with E-state index in [9.17, 15) is 4.79 Å². The predicted octanol–water partition coefficient (Wildman–Crippen LogP) is 5.57. The van der Waals surface area contributed by atoms with Crippen LogP contribution >= 0.6 is 46.5 Å². The largest absolute Gasteiger partial charge is 0.372 e. The van der Waals surface area contributed by atoms with Gasteiger partial charge in [0.15, 0.2) is 8.68 Å². The molecule has 0 aliphatic rings. The smallest absolute Gasteiger partial charge is 0.250 e. The van der Waals surface area contributed by atoms with Crippen LogP contribution in [0.25, 0.3) is 0 Å². The molecule has 3 aromatic rings. The normalized spacial score (nSPS) is 11.1. The van der Waals surface area contributed by atoms with Crippen LogP contribution in [0.15, 0.2) is 62.3 Å². The number of rotatable bonds is 11. The molecule has 0 fully saturated rings. The lowest BCUT2D eigenvalue weighted by molar-refractivity contribution is -0.118. The summed E-state index contributed by atoms with van der Waals surface area (Å²) in [5.74, 6) is 0.840. The Morgan fingerprint density at radius 3 is 2.38 bits per heavy atom. The number of aromatic nitrogens is 2. The number of hydrazone groups is 1. The Hall–Kier alpha value is -2.07. The van der Waals surface area contributed by atoms with E-state index in [1.165, 1.54) is 34.3 Å². The monoisotopic (exact) mass is 505 g/mol. The Morgan fingerprint density at radius 2 is 1.72 bits per heavy atom. The molecular formula is C22H24ClN5OS3. The molecule has 2 aromatic carbocycles. The molecule has 1 aromatic heterocycles. The van der Waals surface area contributed by atoms with E-state index in [1.54, 1.807) is 18.0 Å². The molecule has 0 radical (unpaired) electrons. The summed E-state index contributed by atoms with van der Waals surface area (Å²) in [5, 5.41) is 13.1. The van der Waals surface area contributed by atoms with E-state index in [0.29, 0.717) is 0 Å². The zero-order valence-corrected chi connectivity index (χ0v) is 21.0. The molecule has 168 valence electrons. The van der Waals surface area contributed by atoms with Gasteiger partial charge in [-0.3, -0.25) is 4.79 Å². The number of anilines is 1. The molecule has 1 amide bonds. The molecule has 0 aliphatic carbocycles. The number of nitrogens with zero attached hydrogens (tertiary/aromatic N) is 4. The molecule has 0 aliphatic heterocycles. The summed E-state index contributed by atoms with van der Waals surface area (Å²) >= 11 is 10.4. The van der Waals surface area contributed by atoms with Crippen molar-refractivity contribution in [1.82, 2.24) is 15.6 Å². The Labute approximate surface area is 205 Å². The SMILES string of the molecule is CCN(CC)c1ccc(C=NNC(=O)CSc2nnc(SCc3ccc(Cl)cc3)s2)cc1.